The zero-order chi connectivity index (χ0) is 14.5. The molecular formula is C15H24N4O. The Bertz CT molecular complexity index is 550. The van der Waals surface area contributed by atoms with Crippen molar-refractivity contribution in [2.45, 2.75) is 52.2 Å². The van der Waals surface area contributed by atoms with Gasteiger partial charge in [0.25, 0.3) is 0 Å². The summed E-state index contributed by atoms with van der Waals surface area (Å²) in [5, 5.41) is 17.7. The molecule has 5 nitrogen and oxygen atoms in total. The molecule has 2 aromatic rings. The van der Waals surface area contributed by atoms with E-state index in [1.54, 1.807) is 0 Å². The molecule has 0 saturated carbocycles. The Hall–Kier alpha value is -1.46. The van der Waals surface area contributed by atoms with Gasteiger partial charge in [0, 0.05) is 36.8 Å². The minimum absolute atomic E-state index is 0.258. The molecule has 2 aromatic heterocycles. The molecule has 0 saturated heterocycles. The third kappa shape index (κ3) is 3.55. The van der Waals surface area contributed by atoms with Crippen LogP contribution < -0.4 is 5.32 Å². The maximum atomic E-state index is 8.82. The van der Waals surface area contributed by atoms with Crippen LogP contribution >= 0.6 is 0 Å². The van der Waals surface area contributed by atoms with Gasteiger partial charge in [0.15, 0.2) is 5.65 Å². The zero-order valence-electron chi connectivity index (χ0n) is 12.5. The highest BCUT2D eigenvalue weighted by atomic mass is 16.2. The van der Waals surface area contributed by atoms with Crippen LogP contribution in [0.2, 0.25) is 0 Å². The smallest absolute Gasteiger partial charge is 0.157 e. The molecule has 1 atom stereocenters. The third-order valence-electron chi connectivity index (χ3n) is 3.43. The summed E-state index contributed by atoms with van der Waals surface area (Å²) in [6.45, 7) is 7.40. The fourth-order valence-corrected chi connectivity index (χ4v) is 2.25. The maximum Gasteiger partial charge on any atom is 0.157 e. The molecule has 2 N–H and O–H groups in total. The van der Waals surface area contributed by atoms with E-state index >= 15 is 0 Å². The van der Waals surface area contributed by atoms with Gasteiger partial charge in [-0.1, -0.05) is 0 Å². The van der Waals surface area contributed by atoms with Crippen LogP contribution in [0.25, 0.3) is 11.0 Å². The highest BCUT2D eigenvalue weighted by Gasteiger charge is 2.08. The summed E-state index contributed by atoms with van der Waals surface area (Å²) < 4.78 is 1.94. The second-order valence-electron chi connectivity index (χ2n) is 5.59. The molecule has 20 heavy (non-hydrogen) atoms. The standard InChI is InChI=1S/C15H24N4O/c1-11(2)19-15-14(10-18-19)7-13(9-17-15)8-16-12(3)5-4-6-20/h7,9-12,16,20H,4-6,8H2,1-3H3. The van der Waals surface area contributed by atoms with Gasteiger partial charge in [0.1, 0.15) is 0 Å². The highest BCUT2D eigenvalue weighted by Crippen LogP contribution is 2.16. The Balaban J connectivity index is 2.01. The van der Waals surface area contributed by atoms with Crippen molar-refractivity contribution >= 4 is 11.0 Å². The van der Waals surface area contributed by atoms with Crippen LogP contribution in [0.15, 0.2) is 18.5 Å². The topological polar surface area (TPSA) is 63.0 Å². The first-order chi connectivity index (χ1) is 9.61. The number of aromatic nitrogens is 3. The summed E-state index contributed by atoms with van der Waals surface area (Å²) in [6, 6.07) is 2.86. The number of nitrogens with one attached hydrogen (secondary N) is 1. The molecule has 2 heterocycles. The van der Waals surface area contributed by atoms with Gasteiger partial charge in [-0.15, -0.1) is 0 Å². The largest absolute Gasteiger partial charge is 0.396 e. The van der Waals surface area contributed by atoms with Crippen molar-refractivity contribution in [2.75, 3.05) is 6.61 Å². The summed E-state index contributed by atoms with van der Waals surface area (Å²) >= 11 is 0. The molecule has 0 bridgehead atoms. The molecule has 0 fully saturated rings. The fraction of sp³-hybridized carbons (Fsp3) is 0.600. The van der Waals surface area contributed by atoms with Crippen LogP contribution in [0.1, 0.15) is 45.2 Å². The summed E-state index contributed by atoms with van der Waals surface area (Å²) in [7, 11) is 0. The molecule has 0 radical (unpaired) electrons. The molecular weight excluding hydrogens is 252 g/mol. The van der Waals surface area contributed by atoms with E-state index in [2.05, 4.69) is 42.2 Å². The minimum atomic E-state index is 0.258. The van der Waals surface area contributed by atoms with Crippen LogP contribution in [0.5, 0.6) is 0 Å². The lowest BCUT2D eigenvalue weighted by molar-refractivity contribution is 0.276. The molecule has 2 rings (SSSR count). The number of aliphatic hydroxyl groups is 1. The number of hydrogen-bond donors (Lipinski definition) is 2. The summed E-state index contributed by atoms with van der Waals surface area (Å²) in [5.41, 5.74) is 2.11. The minimum Gasteiger partial charge on any atom is -0.396 e. The molecule has 0 amide bonds. The summed E-state index contributed by atoms with van der Waals surface area (Å²) in [4.78, 5) is 4.52. The van der Waals surface area contributed by atoms with Gasteiger partial charge in [-0.3, -0.25) is 0 Å². The van der Waals surface area contributed by atoms with Gasteiger partial charge < -0.3 is 10.4 Å². The van der Waals surface area contributed by atoms with Crippen molar-refractivity contribution in [1.29, 1.82) is 0 Å². The summed E-state index contributed by atoms with van der Waals surface area (Å²) in [5.74, 6) is 0. The van der Waals surface area contributed by atoms with Gasteiger partial charge in [0.05, 0.1) is 6.20 Å². The highest BCUT2D eigenvalue weighted by molar-refractivity contribution is 5.75. The number of rotatable bonds is 7. The van der Waals surface area contributed by atoms with Crippen molar-refractivity contribution in [3.05, 3.63) is 24.0 Å². The fourth-order valence-electron chi connectivity index (χ4n) is 2.25. The van der Waals surface area contributed by atoms with E-state index < -0.39 is 0 Å². The van der Waals surface area contributed by atoms with Crippen LogP contribution in [0.3, 0.4) is 0 Å². The molecule has 0 aliphatic carbocycles. The lowest BCUT2D eigenvalue weighted by Crippen LogP contribution is -2.25. The first-order valence-electron chi connectivity index (χ1n) is 7.28. The first-order valence-corrected chi connectivity index (χ1v) is 7.28. The van der Waals surface area contributed by atoms with Gasteiger partial charge in [0.2, 0.25) is 0 Å². The van der Waals surface area contributed by atoms with Crippen LogP contribution in [0.4, 0.5) is 0 Å². The Morgan fingerprint density at radius 2 is 2.10 bits per heavy atom. The quantitative estimate of drug-likeness (QED) is 0.814. The van der Waals surface area contributed by atoms with E-state index in [1.807, 2.05) is 17.1 Å². The number of aliphatic hydroxyl groups excluding tert-OH is 1. The molecule has 1 unspecified atom stereocenters. The van der Waals surface area contributed by atoms with Crippen molar-refractivity contribution in [3.63, 3.8) is 0 Å². The molecule has 5 heteroatoms. The molecule has 0 aromatic carbocycles. The Morgan fingerprint density at radius 1 is 1.30 bits per heavy atom. The molecule has 110 valence electrons. The number of nitrogens with zero attached hydrogens (tertiary/aromatic N) is 3. The van der Waals surface area contributed by atoms with Crippen LogP contribution in [-0.4, -0.2) is 32.5 Å². The number of hydrogen-bond acceptors (Lipinski definition) is 4. The lowest BCUT2D eigenvalue weighted by atomic mass is 10.1. The average Bonchev–Trinajstić information content (AvgIpc) is 2.86. The van der Waals surface area contributed by atoms with E-state index in [0.717, 1.165) is 36.0 Å². The van der Waals surface area contributed by atoms with Crippen LogP contribution in [-0.2, 0) is 6.54 Å². The normalized spacial score (nSPS) is 13.2. The summed E-state index contributed by atoms with van der Waals surface area (Å²) in [6.07, 6.45) is 5.61. The van der Waals surface area contributed by atoms with Gasteiger partial charge >= 0.3 is 0 Å². The lowest BCUT2D eigenvalue weighted by Gasteiger charge is -2.13. The Morgan fingerprint density at radius 3 is 2.80 bits per heavy atom. The molecule has 0 spiro atoms. The van der Waals surface area contributed by atoms with E-state index in [0.29, 0.717) is 12.1 Å². The molecule has 0 aliphatic heterocycles. The van der Waals surface area contributed by atoms with E-state index in [-0.39, 0.29) is 6.61 Å². The average molecular weight is 276 g/mol. The number of fused-ring (bicyclic) bond motifs is 1. The van der Waals surface area contributed by atoms with Crippen molar-refractivity contribution in [1.82, 2.24) is 20.1 Å². The van der Waals surface area contributed by atoms with Crippen molar-refractivity contribution in [3.8, 4) is 0 Å². The van der Waals surface area contributed by atoms with Gasteiger partial charge in [-0.25, -0.2) is 9.67 Å². The second kappa shape index (κ2) is 6.81. The Labute approximate surface area is 120 Å². The maximum absolute atomic E-state index is 8.82. The number of pyridine rings is 1. The van der Waals surface area contributed by atoms with Crippen molar-refractivity contribution in [2.24, 2.45) is 0 Å². The first kappa shape index (κ1) is 14.9. The van der Waals surface area contributed by atoms with Crippen molar-refractivity contribution < 1.29 is 5.11 Å². The van der Waals surface area contributed by atoms with Gasteiger partial charge in [-0.2, -0.15) is 5.10 Å². The van der Waals surface area contributed by atoms with E-state index in [4.69, 9.17) is 5.11 Å². The predicted molar refractivity (Wildman–Crippen MR) is 80.5 cm³/mol. The second-order valence-corrected chi connectivity index (χ2v) is 5.59. The SMILES string of the molecule is CC(CCCO)NCc1cnc2c(cnn2C(C)C)c1. The monoisotopic (exact) mass is 276 g/mol. The zero-order valence-corrected chi connectivity index (χ0v) is 12.5. The van der Waals surface area contributed by atoms with Crippen LogP contribution in [0, 0.1) is 0 Å². The van der Waals surface area contributed by atoms with Gasteiger partial charge in [-0.05, 0) is 45.2 Å². The third-order valence-corrected chi connectivity index (χ3v) is 3.43. The van der Waals surface area contributed by atoms with E-state index in [1.165, 1.54) is 0 Å². The molecule has 0 aliphatic rings. The Kier molecular flexibility index (Phi) is 5.09. The van der Waals surface area contributed by atoms with E-state index in [9.17, 15) is 0 Å². The predicted octanol–water partition coefficient (Wildman–Crippen LogP) is 2.26.